The zero-order valence-electron chi connectivity index (χ0n) is 20.8. The largest absolute Gasteiger partial charge is 0.368 e. The van der Waals surface area contributed by atoms with Crippen molar-refractivity contribution in [3.05, 3.63) is 53.9 Å². The molecular formula is C26H32FN7O. The molecule has 2 N–H and O–H groups in total. The number of aryl methyl sites for hydroxylation is 2. The summed E-state index contributed by atoms with van der Waals surface area (Å²) in [5.41, 5.74) is 3.49. The number of fused-ring (bicyclic) bond motifs is 2. The van der Waals surface area contributed by atoms with Gasteiger partial charge in [-0.25, -0.2) is 9.37 Å². The number of carbonyl (C=O) groups excluding carboxylic acids is 1. The van der Waals surface area contributed by atoms with Crippen molar-refractivity contribution in [3.63, 3.8) is 0 Å². The van der Waals surface area contributed by atoms with Crippen LogP contribution in [0.4, 0.5) is 15.8 Å². The predicted octanol–water partition coefficient (Wildman–Crippen LogP) is 4.23. The van der Waals surface area contributed by atoms with Gasteiger partial charge in [0.25, 0.3) is 5.91 Å². The van der Waals surface area contributed by atoms with E-state index in [1.807, 2.05) is 29.9 Å². The molecule has 4 heterocycles. The Morgan fingerprint density at radius 2 is 2.06 bits per heavy atom. The fraction of sp³-hybridized carbons (Fsp3) is 0.423. The first-order chi connectivity index (χ1) is 16.7. The van der Waals surface area contributed by atoms with Crippen LogP contribution in [0.25, 0.3) is 16.6 Å². The number of imidazole rings is 1. The van der Waals surface area contributed by atoms with Crippen LogP contribution in [-0.4, -0.2) is 50.2 Å². The lowest BCUT2D eigenvalue weighted by Crippen LogP contribution is -2.57. The van der Waals surface area contributed by atoms with Crippen LogP contribution in [0.3, 0.4) is 0 Å². The number of nitrogens with zero attached hydrogens (tertiary/aromatic N) is 5. The molecule has 1 fully saturated rings. The van der Waals surface area contributed by atoms with Crippen molar-refractivity contribution in [2.45, 2.75) is 53.2 Å². The second kappa shape index (κ2) is 8.96. The summed E-state index contributed by atoms with van der Waals surface area (Å²) in [5, 5.41) is 12.2. The Bertz CT molecular complexity index is 1410. The van der Waals surface area contributed by atoms with Crippen molar-refractivity contribution in [1.82, 2.24) is 24.5 Å². The van der Waals surface area contributed by atoms with Gasteiger partial charge < -0.3 is 19.9 Å². The van der Waals surface area contributed by atoms with Gasteiger partial charge in [0.05, 0.1) is 16.9 Å². The standard InChI is InChI=1S/C26H32FN7O/c1-6-34-13-20-23(32-10-16(4)28-22(14-32)15(2)3)8-7-19(24(20)31-34)26(35)30-18-9-21(27)25-29-17(5)11-33(25)12-18/h7-9,11-13,15-16,22,28H,6,10,14H2,1-5H3,(H,30,35)/t16-,22+/m0/s1. The number of benzene rings is 1. The number of rotatable bonds is 5. The monoisotopic (exact) mass is 477 g/mol. The van der Waals surface area contributed by atoms with E-state index < -0.39 is 5.82 Å². The number of aromatic nitrogens is 4. The van der Waals surface area contributed by atoms with E-state index in [-0.39, 0.29) is 11.6 Å². The van der Waals surface area contributed by atoms with E-state index in [0.29, 0.717) is 47.0 Å². The molecule has 1 aliphatic heterocycles. The molecule has 0 unspecified atom stereocenters. The smallest absolute Gasteiger partial charge is 0.257 e. The molecule has 3 aromatic heterocycles. The Morgan fingerprint density at radius 3 is 2.80 bits per heavy atom. The van der Waals surface area contributed by atoms with Crippen LogP contribution in [0.5, 0.6) is 0 Å². The second-order valence-electron chi connectivity index (χ2n) is 9.85. The average Bonchev–Trinajstić information content (AvgIpc) is 3.41. The van der Waals surface area contributed by atoms with Crippen LogP contribution in [0, 0.1) is 18.7 Å². The van der Waals surface area contributed by atoms with Crippen LogP contribution in [0.15, 0.2) is 36.8 Å². The topological polar surface area (TPSA) is 79.5 Å². The molecule has 8 nitrogen and oxygen atoms in total. The van der Waals surface area contributed by atoms with Crippen LogP contribution in [0.2, 0.25) is 0 Å². The van der Waals surface area contributed by atoms with Gasteiger partial charge in [-0.05, 0) is 38.8 Å². The lowest BCUT2D eigenvalue weighted by Gasteiger charge is -2.41. The van der Waals surface area contributed by atoms with E-state index in [1.165, 1.54) is 6.07 Å². The zero-order chi connectivity index (χ0) is 24.9. The highest BCUT2D eigenvalue weighted by Gasteiger charge is 2.28. The molecule has 0 spiro atoms. The highest BCUT2D eigenvalue weighted by atomic mass is 19.1. The molecule has 2 atom stereocenters. The molecule has 35 heavy (non-hydrogen) atoms. The fourth-order valence-electron chi connectivity index (χ4n) is 4.92. The number of halogens is 1. The fourth-order valence-corrected chi connectivity index (χ4v) is 4.92. The van der Waals surface area contributed by atoms with Crippen molar-refractivity contribution < 1.29 is 9.18 Å². The summed E-state index contributed by atoms with van der Waals surface area (Å²) >= 11 is 0. The molecular weight excluding hydrogens is 445 g/mol. The molecule has 0 bridgehead atoms. The number of carbonyl (C=O) groups is 1. The minimum atomic E-state index is -0.487. The first-order valence-electron chi connectivity index (χ1n) is 12.2. The molecule has 1 aromatic carbocycles. The lowest BCUT2D eigenvalue weighted by molar-refractivity contribution is 0.102. The molecule has 4 aromatic rings. The molecule has 0 aliphatic carbocycles. The van der Waals surface area contributed by atoms with Gasteiger partial charge in [0.1, 0.15) is 5.52 Å². The Kier molecular flexibility index (Phi) is 5.96. The third-order valence-corrected chi connectivity index (χ3v) is 6.71. The van der Waals surface area contributed by atoms with Crippen molar-refractivity contribution in [3.8, 4) is 0 Å². The van der Waals surface area contributed by atoms with Crippen molar-refractivity contribution in [1.29, 1.82) is 0 Å². The SMILES string of the molecule is CCn1cc2c(N3C[C@H](C)N[C@@H](C(C)C)C3)ccc(C(=O)Nc3cc(F)c4nc(C)cn4c3)c2n1. The van der Waals surface area contributed by atoms with E-state index >= 15 is 0 Å². The van der Waals surface area contributed by atoms with Gasteiger partial charge in [0.2, 0.25) is 0 Å². The number of hydrogen-bond acceptors (Lipinski definition) is 5. The van der Waals surface area contributed by atoms with Gasteiger partial charge in [0, 0.05) is 67.4 Å². The third kappa shape index (κ3) is 4.36. The quantitative estimate of drug-likeness (QED) is 0.450. The van der Waals surface area contributed by atoms with E-state index in [0.717, 1.165) is 24.2 Å². The third-order valence-electron chi connectivity index (χ3n) is 6.71. The summed E-state index contributed by atoms with van der Waals surface area (Å²) in [7, 11) is 0. The van der Waals surface area contributed by atoms with Crippen molar-refractivity contribution in [2.75, 3.05) is 23.3 Å². The summed E-state index contributed by atoms with van der Waals surface area (Å²) in [5.74, 6) is -0.303. The lowest BCUT2D eigenvalue weighted by atomic mass is 9.98. The molecule has 1 saturated heterocycles. The molecule has 1 amide bonds. The molecule has 184 valence electrons. The number of piperazine rings is 1. The number of amides is 1. The van der Waals surface area contributed by atoms with Gasteiger partial charge in [0.15, 0.2) is 11.5 Å². The maximum absolute atomic E-state index is 14.5. The number of pyridine rings is 1. The maximum atomic E-state index is 14.5. The highest BCUT2D eigenvalue weighted by molar-refractivity contribution is 6.13. The van der Waals surface area contributed by atoms with Crippen molar-refractivity contribution >= 4 is 33.8 Å². The molecule has 9 heteroatoms. The molecule has 0 saturated carbocycles. The normalized spacial score (nSPS) is 18.7. The number of anilines is 2. The van der Waals surface area contributed by atoms with Crippen LogP contribution < -0.4 is 15.5 Å². The summed E-state index contributed by atoms with van der Waals surface area (Å²) in [4.78, 5) is 19.9. The summed E-state index contributed by atoms with van der Waals surface area (Å²) in [6.07, 6.45) is 5.40. The van der Waals surface area contributed by atoms with Crippen molar-refractivity contribution in [2.24, 2.45) is 5.92 Å². The van der Waals surface area contributed by atoms with E-state index in [9.17, 15) is 9.18 Å². The number of hydrogen-bond donors (Lipinski definition) is 2. The molecule has 5 rings (SSSR count). The highest BCUT2D eigenvalue weighted by Crippen LogP contribution is 2.31. The minimum Gasteiger partial charge on any atom is -0.368 e. The Labute approximate surface area is 204 Å². The Hall–Kier alpha value is -3.46. The summed E-state index contributed by atoms with van der Waals surface area (Å²) in [6, 6.07) is 5.87. The van der Waals surface area contributed by atoms with Gasteiger partial charge in [-0.2, -0.15) is 5.10 Å². The zero-order valence-corrected chi connectivity index (χ0v) is 20.8. The first-order valence-corrected chi connectivity index (χ1v) is 12.2. The molecule has 0 radical (unpaired) electrons. The second-order valence-corrected chi connectivity index (χ2v) is 9.85. The van der Waals surface area contributed by atoms with E-state index in [4.69, 9.17) is 5.10 Å². The van der Waals surface area contributed by atoms with E-state index in [2.05, 4.69) is 41.3 Å². The average molecular weight is 478 g/mol. The van der Waals surface area contributed by atoms with Gasteiger partial charge in [-0.3, -0.25) is 9.48 Å². The molecule has 1 aliphatic rings. The summed E-state index contributed by atoms with van der Waals surface area (Å²) < 4.78 is 18.0. The van der Waals surface area contributed by atoms with Gasteiger partial charge in [-0.15, -0.1) is 0 Å². The summed E-state index contributed by atoms with van der Waals surface area (Å²) in [6.45, 7) is 13.0. The predicted molar refractivity (Wildman–Crippen MR) is 137 cm³/mol. The maximum Gasteiger partial charge on any atom is 0.257 e. The first kappa shape index (κ1) is 23.3. The number of nitrogens with one attached hydrogen (secondary N) is 2. The van der Waals surface area contributed by atoms with Gasteiger partial charge >= 0.3 is 0 Å². The minimum absolute atomic E-state index is 0.235. The Morgan fingerprint density at radius 1 is 1.26 bits per heavy atom. The van der Waals surface area contributed by atoms with Gasteiger partial charge in [-0.1, -0.05) is 13.8 Å². The van der Waals surface area contributed by atoms with Crippen LogP contribution in [0.1, 0.15) is 43.7 Å². The Balaban J connectivity index is 1.50. The van der Waals surface area contributed by atoms with Crippen LogP contribution in [-0.2, 0) is 6.54 Å². The van der Waals surface area contributed by atoms with E-state index in [1.54, 1.807) is 23.7 Å². The van der Waals surface area contributed by atoms with Crippen LogP contribution >= 0.6 is 0 Å².